The lowest BCUT2D eigenvalue weighted by molar-refractivity contribution is 0.102. The van der Waals surface area contributed by atoms with Crippen molar-refractivity contribution in [2.45, 2.75) is 13.3 Å². The summed E-state index contributed by atoms with van der Waals surface area (Å²) in [4.78, 5) is 11.8. The van der Waals surface area contributed by atoms with Gasteiger partial charge >= 0.3 is 0 Å². The van der Waals surface area contributed by atoms with Crippen molar-refractivity contribution in [1.82, 2.24) is 0 Å². The van der Waals surface area contributed by atoms with Crippen molar-refractivity contribution in [3.05, 3.63) is 28.2 Å². The first-order valence-electron chi connectivity index (χ1n) is 5.46. The zero-order valence-electron chi connectivity index (χ0n) is 10.3. The van der Waals surface area contributed by atoms with E-state index in [-0.39, 0.29) is 5.75 Å². The van der Waals surface area contributed by atoms with Gasteiger partial charge in [0.2, 0.25) is 0 Å². The van der Waals surface area contributed by atoms with Gasteiger partial charge in [0.25, 0.3) is 0 Å². The van der Waals surface area contributed by atoms with Gasteiger partial charge in [-0.1, -0.05) is 6.92 Å². The molecular formula is C12H15BrO4S. The van der Waals surface area contributed by atoms with Crippen LogP contribution in [0, 0.1) is 0 Å². The molecule has 0 heterocycles. The Morgan fingerprint density at radius 2 is 2.06 bits per heavy atom. The summed E-state index contributed by atoms with van der Waals surface area (Å²) in [5.74, 6) is -0.204. The lowest BCUT2D eigenvalue weighted by Crippen LogP contribution is -2.18. The number of sulfone groups is 1. The first-order valence-corrected chi connectivity index (χ1v) is 8.08. The highest BCUT2D eigenvalue weighted by atomic mass is 79.9. The summed E-state index contributed by atoms with van der Waals surface area (Å²) in [5.41, 5.74) is 0.363. The molecule has 1 aromatic carbocycles. The number of ketones is 1. The van der Waals surface area contributed by atoms with Crippen molar-refractivity contribution in [3.8, 4) is 5.75 Å². The van der Waals surface area contributed by atoms with Gasteiger partial charge in [0, 0.05) is 5.56 Å². The van der Waals surface area contributed by atoms with Crippen LogP contribution in [0.15, 0.2) is 22.7 Å². The van der Waals surface area contributed by atoms with Gasteiger partial charge in [-0.05, 0) is 40.5 Å². The quantitative estimate of drug-likeness (QED) is 0.750. The normalized spacial score (nSPS) is 11.3. The first kappa shape index (κ1) is 15.2. The van der Waals surface area contributed by atoms with Crippen molar-refractivity contribution in [2.75, 3.05) is 18.6 Å². The summed E-state index contributed by atoms with van der Waals surface area (Å²) >= 11 is 3.26. The molecule has 0 saturated carbocycles. The molecule has 4 nitrogen and oxygen atoms in total. The van der Waals surface area contributed by atoms with E-state index in [9.17, 15) is 13.2 Å². The molecule has 0 amide bonds. The van der Waals surface area contributed by atoms with Gasteiger partial charge < -0.3 is 4.74 Å². The van der Waals surface area contributed by atoms with Crippen LogP contribution in [0.2, 0.25) is 0 Å². The van der Waals surface area contributed by atoms with E-state index in [4.69, 9.17) is 4.74 Å². The molecule has 0 bridgehead atoms. The number of hydrogen-bond donors (Lipinski definition) is 0. The summed E-state index contributed by atoms with van der Waals surface area (Å²) in [6.07, 6.45) is 0.516. The molecule has 0 aliphatic rings. The van der Waals surface area contributed by atoms with Crippen molar-refractivity contribution in [2.24, 2.45) is 0 Å². The fourth-order valence-electron chi connectivity index (χ4n) is 1.51. The Morgan fingerprint density at radius 3 is 2.56 bits per heavy atom. The maximum Gasteiger partial charge on any atom is 0.177 e. The van der Waals surface area contributed by atoms with Crippen LogP contribution in [-0.4, -0.2) is 32.8 Å². The molecule has 1 aromatic rings. The number of benzene rings is 1. The summed E-state index contributed by atoms with van der Waals surface area (Å²) in [6.45, 7) is 1.77. The molecule has 0 aromatic heterocycles. The standard InChI is InChI=1S/C12H15BrO4S/c1-3-6-18(15,16)8-11(14)9-4-5-12(17-2)10(13)7-9/h4-5,7H,3,6,8H2,1-2H3. The Labute approximate surface area is 115 Å². The van der Waals surface area contributed by atoms with Crippen molar-refractivity contribution in [3.63, 3.8) is 0 Å². The molecule has 0 atom stereocenters. The van der Waals surface area contributed by atoms with E-state index >= 15 is 0 Å². The van der Waals surface area contributed by atoms with E-state index in [1.165, 1.54) is 7.11 Å². The van der Waals surface area contributed by atoms with Gasteiger partial charge in [0.05, 0.1) is 17.3 Å². The monoisotopic (exact) mass is 334 g/mol. The number of methoxy groups -OCH3 is 1. The van der Waals surface area contributed by atoms with Crippen LogP contribution in [0.4, 0.5) is 0 Å². The Hall–Kier alpha value is -0.880. The Balaban J connectivity index is 2.89. The zero-order valence-corrected chi connectivity index (χ0v) is 12.7. The number of carbonyl (C=O) groups is 1. The van der Waals surface area contributed by atoms with Crippen LogP contribution in [0.3, 0.4) is 0 Å². The highest BCUT2D eigenvalue weighted by Crippen LogP contribution is 2.25. The summed E-state index contributed by atoms with van der Waals surface area (Å²) in [6, 6.07) is 4.76. The molecule has 18 heavy (non-hydrogen) atoms. The van der Waals surface area contributed by atoms with E-state index in [0.29, 0.717) is 22.2 Å². The van der Waals surface area contributed by atoms with E-state index in [0.717, 1.165) is 0 Å². The predicted molar refractivity (Wildman–Crippen MR) is 74.0 cm³/mol. The smallest absolute Gasteiger partial charge is 0.177 e. The molecule has 0 N–H and O–H groups in total. The maximum absolute atomic E-state index is 11.8. The van der Waals surface area contributed by atoms with Crippen LogP contribution >= 0.6 is 15.9 Å². The number of halogens is 1. The van der Waals surface area contributed by atoms with Crippen molar-refractivity contribution in [1.29, 1.82) is 0 Å². The second kappa shape index (κ2) is 6.33. The molecule has 0 radical (unpaired) electrons. The van der Waals surface area contributed by atoms with Gasteiger partial charge in [0.1, 0.15) is 11.5 Å². The minimum absolute atomic E-state index is 0.0378. The number of ether oxygens (including phenoxy) is 1. The molecule has 0 saturated heterocycles. The largest absolute Gasteiger partial charge is 0.496 e. The predicted octanol–water partition coefficient (Wildman–Crippen LogP) is 2.47. The lowest BCUT2D eigenvalue weighted by Gasteiger charge is -2.06. The average Bonchev–Trinajstić information content (AvgIpc) is 2.28. The highest BCUT2D eigenvalue weighted by Gasteiger charge is 2.17. The fraction of sp³-hybridized carbons (Fsp3) is 0.417. The molecule has 6 heteroatoms. The molecule has 1 rings (SSSR count). The van der Waals surface area contributed by atoms with Crippen LogP contribution in [-0.2, 0) is 9.84 Å². The number of carbonyl (C=O) groups excluding carboxylic acids is 1. The number of Topliss-reactive ketones (excluding diaryl/α,β-unsaturated/α-hetero) is 1. The third kappa shape index (κ3) is 4.10. The summed E-state index contributed by atoms with van der Waals surface area (Å²) in [5, 5.41) is 0. The summed E-state index contributed by atoms with van der Waals surface area (Å²) < 4.78 is 28.8. The minimum Gasteiger partial charge on any atom is -0.496 e. The van der Waals surface area contributed by atoms with Crippen LogP contribution in [0.5, 0.6) is 5.75 Å². The van der Waals surface area contributed by atoms with Crippen LogP contribution in [0.25, 0.3) is 0 Å². The van der Waals surface area contributed by atoms with Gasteiger partial charge in [-0.25, -0.2) is 8.42 Å². The molecular weight excluding hydrogens is 320 g/mol. The second-order valence-electron chi connectivity index (χ2n) is 3.86. The van der Waals surface area contributed by atoms with E-state index in [1.807, 2.05) is 0 Å². The second-order valence-corrected chi connectivity index (χ2v) is 6.90. The first-order chi connectivity index (χ1) is 8.39. The number of rotatable bonds is 6. The van der Waals surface area contributed by atoms with E-state index in [1.54, 1.807) is 25.1 Å². The van der Waals surface area contributed by atoms with E-state index in [2.05, 4.69) is 15.9 Å². The van der Waals surface area contributed by atoms with E-state index < -0.39 is 21.4 Å². The Kier molecular flexibility index (Phi) is 5.34. The van der Waals surface area contributed by atoms with Gasteiger partial charge in [0.15, 0.2) is 15.6 Å². The highest BCUT2D eigenvalue weighted by molar-refractivity contribution is 9.10. The molecule has 0 spiro atoms. The van der Waals surface area contributed by atoms with Crippen LogP contribution < -0.4 is 4.74 Å². The topological polar surface area (TPSA) is 60.4 Å². The van der Waals surface area contributed by atoms with Crippen molar-refractivity contribution >= 4 is 31.6 Å². The van der Waals surface area contributed by atoms with Gasteiger partial charge in [-0.15, -0.1) is 0 Å². The molecule has 100 valence electrons. The molecule has 0 aliphatic heterocycles. The Morgan fingerprint density at radius 1 is 1.39 bits per heavy atom. The molecule has 0 unspecified atom stereocenters. The average molecular weight is 335 g/mol. The van der Waals surface area contributed by atoms with Crippen LogP contribution in [0.1, 0.15) is 23.7 Å². The van der Waals surface area contributed by atoms with Gasteiger partial charge in [-0.3, -0.25) is 4.79 Å². The minimum atomic E-state index is -3.30. The molecule has 0 fully saturated rings. The Bertz CT molecular complexity index is 537. The lowest BCUT2D eigenvalue weighted by atomic mass is 10.1. The SMILES string of the molecule is CCCS(=O)(=O)CC(=O)c1ccc(OC)c(Br)c1. The third-order valence-electron chi connectivity index (χ3n) is 2.34. The zero-order chi connectivity index (χ0) is 13.8. The van der Waals surface area contributed by atoms with Gasteiger partial charge in [-0.2, -0.15) is 0 Å². The number of hydrogen-bond acceptors (Lipinski definition) is 4. The summed E-state index contributed by atoms with van der Waals surface area (Å²) in [7, 11) is -1.78. The molecule has 0 aliphatic carbocycles. The fourth-order valence-corrected chi connectivity index (χ4v) is 3.38. The van der Waals surface area contributed by atoms with Crippen molar-refractivity contribution < 1.29 is 17.9 Å². The maximum atomic E-state index is 11.8. The third-order valence-corrected chi connectivity index (χ3v) is 4.69.